The summed E-state index contributed by atoms with van der Waals surface area (Å²) in [5, 5.41) is 2.25. The molecule has 0 aromatic heterocycles. The highest BCUT2D eigenvalue weighted by atomic mass is 16.2. The Kier molecular flexibility index (Phi) is 4.23. The van der Waals surface area contributed by atoms with Crippen LogP contribution in [-0.2, 0) is 9.59 Å². The highest BCUT2D eigenvalue weighted by molar-refractivity contribution is 5.81. The third kappa shape index (κ3) is 3.03. The smallest absolute Gasteiger partial charge is 0.240 e. The molecular formula is C5H11N3O2. The van der Waals surface area contributed by atoms with Crippen molar-refractivity contribution in [1.29, 1.82) is 0 Å². The molecule has 0 saturated heterocycles. The molecule has 0 aliphatic rings. The molecule has 0 aromatic rings. The van der Waals surface area contributed by atoms with Crippen molar-refractivity contribution in [3.8, 4) is 0 Å². The molecule has 0 aliphatic carbocycles. The van der Waals surface area contributed by atoms with Gasteiger partial charge in [0.05, 0.1) is 0 Å². The van der Waals surface area contributed by atoms with E-state index in [1.54, 1.807) is 0 Å². The van der Waals surface area contributed by atoms with Gasteiger partial charge in [0.2, 0.25) is 12.3 Å². The Balaban J connectivity index is 3.71. The predicted octanol–water partition coefficient (Wildman–Crippen LogP) is -2.06. The van der Waals surface area contributed by atoms with Gasteiger partial charge in [0.15, 0.2) is 0 Å². The van der Waals surface area contributed by atoms with Crippen LogP contribution in [-0.4, -0.2) is 24.9 Å². The Morgan fingerprint density at radius 3 is 2.60 bits per heavy atom. The van der Waals surface area contributed by atoms with Crippen molar-refractivity contribution in [2.24, 2.45) is 11.5 Å². The number of hydrogen-bond acceptors (Lipinski definition) is 3. The molecule has 2 amide bonds. The second kappa shape index (κ2) is 4.75. The van der Waals surface area contributed by atoms with Gasteiger partial charge in [-0.2, -0.15) is 0 Å². The number of carbonyl (C=O) groups excluding carboxylic acids is 2. The van der Waals surface area contributed by atoms with Gasteiger partial charge in [-0.25, -0.2) is 0 Å². The number of nitrogens with one attached hydrogen (secondary N) is 1. The van der Waals surface area contributed by atoms with Crippen LogP contribution in [0.3, 0.4) is 0 Å². The van der Waals surface area contributed by atoms with Crippen molar-refractivity contribution in [1.82, 2.24) is 5.32 Å². The van der Waals surface area contributed by atoms with Gasteiger partial charge in [0, 0.05) is 0 Å². The third-order valence-corrected chi connectivity index (χ3v) is 1.07. The highest BCUT2D eigenvalue weighted by Crippen LogP contribution is 1.85. The minimum atomic E-state index is -0.623. The van der Waals surface area contributed by atoms with E-state index in [1.807, 2.05) is 0 Å². The van der Waals surface area contributed by atoms with Gasteiger partial charge in [0.1, 0.15) is 6.04 Å². The number of primary amides is 1. The van der Waals surface area contributed by atoms with Crippen molar-refractivity contribution in [3.63, 3.8) is 0 Å². The first-order valence-electron chi connectivity index (χ1n) is 2.91. The quantitative estimate of drug-likeness (QED) is 0.388. The molecule has 10 heavy (non-hydrogen) atoms. The number of rotatable bonds is 5. The monoisotopic (exact) mass is 145 g/mol. The topological polar surface area (TPSA) is 98.2 Å². The zero-order chi connectivity index (χ0) is 7.98. The fourth-order valence-corrected chi connectivity index (χ4v) is 0.557. The summed E-state index contributed by atoms with van der Waals surface area (Å²) in [4.78, 5) is 20.3. The summed E-state index contributed by atoms with van der Waals surface area (Å²) in [6, 6.07) is -0.623. The lowest BCUT2D eigenvalue weighted by Crippen LogP contribution is -2.41. The van der Waals surface area contributed by atoms with Gasteiger partial charge < -0.3 is 16.8 Å². The summed E-state index contributed by atoms with van der Waals surface area (Å²) in [5.74, 6) is -0.558. The molecule has 0 bridgehead atoms. The van der Waals surface area contributed by atoms with Gasteiger partial charge in [-0.15, -0.1) is 0 Å². The number of amides is 2. The van der Waals surface area contributed by atoms with Crippen molar-refractivity contribution in [3.05, 3.63) is 0 Å². The van der Waals surface area contributed by atoms with E-state index in [9.17, 15) is 9.59 Å². The number of hydrogen-bond donors (Lipinski definition) is 3. The van der Waals surface area contributed by atoms with Crippen LogP contribution in [0.1, 0.15) is 6.42 Å². The maximum atomic E-state index is 10.4. The van der Waals surface area contributed by atoms with E-state index in [1.165, 1.54) is 0 Å². The summed E-state index contributed by atoms with van der Waals surface area (Å²) in [5.41, 5.74) is 10.0. The van der Waals surface area contributed by atoms with E-state index in [0.29, 0.717) is 19.4 Å². The van der Waals surface area contributed by atoms with Crippen molar-refractivity contribution in [2.45, 2.75) is 12.5 Å². The van der Waals surface area contributed by atoms with E-state index in [0.717, 1.165) is 0 Å². The van der Waals surface area contributed by atoms with Gasteiger partial charge in [-0.1, -0.05) is 0 Å². The molecule has 1 atom stereocenters. The van der Waals surface area contributed by atoms with Crippen LogP contribution in [0.4, 0.5) is 0 Å². The van der Waals surface area contributed by atoms with Crippen molar-refractivity contribution in [2.75, 3.05) is 6.54 Å². The first-order chi connectivity index (χ1) is 4.72. The van der Waals surface area contributed by atoms with Crippen LogP contribution in [0.25, 0.3) is 0 Å². The maximum Gasteiger partial charge on any atom is 0.240 e. The Bertz CT molecular complexity index is 126. The normalized spacial score (nSPS) is 12.1. The molecule has 0 heterocycles. The van der Waals surface area contributed by atoms with Gasteiger partial charge in [0.25, 0.3) is 0 Å². The maximum absolute atomic E-state index is 10.4. The fourth-order valence-electron chi connectivity index (χ4n) is 0.557. The van der Waals surface area contributed by atoms with Crippen LogP contribution in [0.2, 0.25) is 0 Å². The first-order valence-corrected chi connectivity index (χ1v) is 2.91. The molecule has 58 valence electrons. The van der Waals surface area contributed by atoms with E-state index in [2.05, 4.69) is 5.32 Å². The Morgan fingerprint density at radius 1 is 1.70 bits per heavy atom. The minimum absolute atomic E-state index is 0.328. The molecule has 0 rings (SSSR count). The average Bonchev–Trinajstić information content (AvgIpc) is 1.87. The standard InChI is InChI=1S/C5H11N3O2/c6-2-1-4(5(7)10)8-3-9/h3-4H,1-2,6H2,(H2,7,10)(H,8,9). The van der Waals surface area contributed by atoms with E-state index >= 15 is 0 Å². The second-order valence-electron chi connectivity index (χ2n) is 1.82. The lowest BCUT2D eigenvalue weighted by atomic mass is 10.2. The van der Waals surface area contributed by atoms with Gasteiger partial charge >= 0.3 is 0 Å². The van der Waals surface area contributed by atoms with Gasteiger partial charge in [-0.05, 0) is 13.0 Å². The molecule has 5 N–H and O–H groups in total. The zero-order valence-corrected chi connectivity index (χ0v) is 5.54. The molecule has 0 aliphatic heterocycles. The molecule has 5 nitrogen and oxygen atoms in total. The Hall–Kier alpha value is -1.10. The third-order valence-electron chi connectivity index (χ3n) is 1.07. The largest absolute Gasteiger partial charge is 0.368 e. The Labute approximate surface area is 58.8 Å². The first kappa shape index (κ1) is 8.90. The summed E-state index contributed by atoms with van der Waals surface area (Å²) in [6.07, 6.45) is 0.819. The Morgan fingerprint density at radius 2 is 2.30 bits per heavy atom. The lowest BCUT2D eigenvalue weighted by molar-refractivity contribution is -0.122. The van der Waals surface area contributed by atoms with E-state index in [-0.39, 0.29) is 0 Å². The molecule has 1 unspecified atom stereocenters. The summed E-state index contributed by atoms with van der Waals surface area (Å²) in [6.45, 7) is 0.328. The van der Waals surface area contributed by atoms with Gasteiger partial charge in [-0.3, -0.25) is 9.59 Å². The van der Waals surface area contributed by atoms with Crippen molar-refractivity contribution >= 4 is 12.3 Å². The SMILES string of the molecule is NCCC(NC=O)C(N)=O. The average molecular weight is 145 g/mol. The molecule has 0 spiro atoms. The number of carbonyl (C=O) groups is 2. The molecule has 0 radical (unpaired) electrons. The van der Waals surface area contributed by atoms with Crippen LogP contribution in [0, 0.1) is 0 Å². The zero-order valence-electron chi connectivity index (χ0n) is 5.54. The van der Waals surface area contributed by atoms with Crippen molar-refractivity contribution < 1.29 is 9.59 Å². The van der Waals surface area contributed by atoms with E-state index in [4.69, 9.17) is 11.5 Å². The van der Waals surface area contributed by atoms with Crippen LogP contribution in [0.5, 0.6) is 0 Å². The molecule has 0 saturated carbocycles. The van der Waals surface area contributed by atoms with Crippen LogP contribution in [0.15, 0.2) is 0 Å². The highest BCUT2D eigenvalue weighted by Gasteiger charge is 2.11. The number of nitrogens with two attached hydrogens (primary N) is 2. The summed E-state index contributed by atoms with van der Waals surface area (Å²) < 4.78 is 0. The lowest BCUT2D eigenvalue weighted by Gasteiger charge is -2.08. The minimum Gasteiger partial charge on any atom is -0.368 e. The molecule has 0 aromatic carbocycles. The summed E-state index contributed by atoms with van der Waals surface area (Å²) in [7, 11) is 0. The van der Waals surface area contributed by atoms with Crippen LogP contribution >= 0.6 is 0 Å². The fraction of sp³-hybridized carbons (Fsp3) is 0.600. The van der Waals surface area contributed by atoms with E-state index < -0.39 is 11.9 Å². The van der Waals surface area contributed by atoms with Crippen LogP contribution < -0.4 is 16.8 Å². The predicted molar refractivity (Wildman–Crippen MR) is 35.9 cm³/mol. The molecule has 0 fully saturated rings. The summed E-state index contributed by atoms with van der Waals surface area (Å²) >= 11 is 0. The second-order valence-corrected chi connectivity index (χ2v) is 1.82. The molecular weight excluding hydrogens is 134 g/mol. The molecule has 5 heteroatoms.